The Hall–Kier alpha value is -9.66. The summed E-state index contributed by atoms with van der Waals surface area (Å²) < 4.78 is 0. The third-order valence-electron chi connectivity index (χ3n) is 9.47. The summed E-state index contributed by atoms with van der Waals surface area (Å²) in [4.78, 5) is 12.8. The molecule has 0 fully saturated rings. The van der Waals surface area contributed by atoms with Crippen LogP contribution in [-0.2, 0) is 0 Å². The zero-order valence-electron chi connectivity index (χ0n) is 35.5. The van der Waals surface area contributed by atoms with Crippen LogP contribution in [0.25, 0.3) is 0 Å². The fourth-order valence-electron chi connectivity index (χ4n) is 5.84. The van der Waals surface area contributed by atoms with E-state index in [9.17, 15) is 10.5 Å². The lowest BCUT2D eigenvalue weighted by Crippen LogP contribution is -2.07. The fourth-order valence-corrected chi connectivity index (χ4v) is 5.84. The van der Waals surface area contributed by atoms with Crippen molar-refractivity contribution in [1.82, 2.24) is 9.97 Å². The molecule has 0 bridgehead atoms. The van der Waals surface area contributed by atoms with Gasteiger partial charge in [-0.2, -0.15) is 10.5 Å². The standard InChI is InChI=1S/C58H36N6/c1-63(2)53-35-29-51(30-36-53)27-21-45-11-5-43(6-12-45)9-15-47-17-23-49(24-18-47)33-39-55-56(62-58(42-60)57(41-59)61-55)40-34-50-25-19-48(20-26-50)16-10-44-7-13-46(14-8-44)22-28-52-31-37-54(38-32-52)64(3)4/h5-8,11-14,17-20,23-26,29-32,35-38H,1-4H3. The van der Waals surface area contributed by atoms with Crippen molar-refractivity contribution in [3.63, 3.8) is 0 Å². The zero-order chi connectivity index (χ0) is 44.7. The Balaban J connectivity index is 0.995. The van der Waals surface area contributed by atoms with Crippen LogP contribution in [0.4, 0.5) is 11.4 Å². The maximum Gasteiger partial charge on any atom is 0.178 e. The summed E-state index contributed by atoms with van der Waals surface area (Å²) in [5.41, 5.74) is 11.0. The molecular formula is C58H36N6. The molecule has 0 atom stereocenters. The molecule has 1 heterocycles. The molecule has 298 valence electrons. The van der Waals surface area contributed by atoms with Crippen LogP contribution in [0.15, 0.2) is 146 Å². The molecule has 1 aromatic heterocycles. The number of anilines is 2. The van der Waals surface area contributed by atoms with Gasteiger partial charge in [0.1, 0.15) is 23.5 Å². The Bertz CT molecular complexity index is 3080. The van der Waals surface area contributed by atoms with Gasteiger partial charge in [0.2, 0.25) is 0 Å². The van der Waals surface area contributed by atoms with Crippen LogP contribution >= 0.6 is 0 Å². The number of hydrogen-bond donors (Lipinski definition) is 0. The topological polar surface area (TPSA) is 79.8 Å². The highest BCUT2D eigenvalue weighted by molar-refractivity contribution is 5.56. The summed E-state index contributed by atoms with van der Waals surface area (Å²) in [5.74, 6) is 37.8. The predicted octanol–water partition coefficient (Wildman–Crippen LogP) is 8.75. The SMILES string of the molecule is CN(C)c1ccc(C#Cc2ccc(C#Cc3ccc(C#Cc4nc(C#N)c(C#N)nc4C#Cc4ccc(C#Cc5ccc(C#Cc6ccc(N(C)C)cc6)cc5)cc4)cc3)cc2)cc1. The van der Waals surface area contributed by atoms with Gasteiger partial charge >= 0.3 is 0 Å². The summed E-state index contributed by atoms with van der Waals surface area (Å²) in [6.45, 7) is 0. The Kier molecular flexibility index (Phi) is 13.6. The number of aromatic nitrogens is 2. The van der Waals surface area contributed by atoms with Gasteiger partial charge in [0.25, 0.3) is 0 Å². The second kappa shape index (κ2) is 20.5. The average Bonchev–Trinajstić information content (AvgIpc) is 3.34. The van der Waals surface area contributed by atoms with Crippen LogP contribution < -0.4 is 9.80 Å². The second-order valence-corrected chi connectivity index (χ2v) is 14.5. The number of nitriles is 2. The normalized spacial score (nSPS) is 9.41. The molecule has 0 radical (unpaired) electrons. The molecule has 0 saturated heterocycles. The van der Waals surface area contributed by atoms with E-state index in [2.05, 4.69) is 115 Å². The van der Waals surface area contributed by atoms with Gasteiger partial charge in [0.15, 0.2) is 11.4 Å². The van der Waals surface area contributed by atoms with Crippen LogP contribution in [0.3, 0.4) is 0 Å². The first kappa shape index (κ1) is 42.5. The minimum Gasteiger partial charge on any atom is -0.378 e. The maximum absolute atomic E-state index is 9.63. The molecule has 0 aliphatic rings. The molecular weight excluding hydrogens is 781 g/mol. The Labute approximate surface area is 375 Å². The van der Waals surface area contributed by atoms with Crippen molar-refractivity contribution in [2.24, 2.45) is 0 Å². The molecule has 0 unspecified atom stereocenters. The van der Waals surface area contributed by atoms with E-state index in [1.807, 2.05) is 162 Å². The van der Waals surface area contributed by atoms with Crippen molar-refractivity contribution in [3.05, 3.63) is 224 Å². The lowest BCUT2D eigenvalue weighted by Gasteiger charge is -2.11. The third-order valence-corrected chi connectivity index (χ3v) is 9.47. The molecule has 0 aliphatic heterocycles. The van der Waals surface area contributed by atoms with Gasteiger partial charge in [-0.3, -0.25) is 0 Å². The van der Waals surface area contributed by atoms with Gasteiger partial charge in [0, 0.05) is 95.2 Å². The van der Waals surface area contributed by atoms with Gasteiger partial charge in [-0.05, 0) is 157 Å². The summed E-state index contributed by atoms with van der Waals surface area (Å²) in [6, 6.07) is 50.8. The van der Waals surface area contributed by atoms with E-state index in [1.165, 1.54) is 0 Å². The van der Waals surface area contributed by atoms with Crippen molar-refractivity contribution in [2.45, 2.75) is 0 Å². The zero-order valence-corrected chi connectivity index (χ0v) is 35.5. The van der Waals surface area contributed by atoms with Crippen molar-refractivity contribution in [1.29, 1.82) is 10.5 Å². The molecule has 0 N–H and O–H groups in total. The molecule has 0 saturated carbocycles. The molecule has 0 aliphatic carbocycles. The first-order chi connectivity index (χ1) is 31.2. The van der Waals surface area contributed by atoms with Crippen molar-refractivity contribution in [3.8, 4) is 83.2 Å². The minimum atomic E-state index is -0.116. The van der Waals surface area contributed by atoms with Gasteiger partial charge in [-0.1, -0.05) is 59.2 Å². The van der Waals surface area contributed by atoms with Gasteiger partial charge in [0.05, 0.1) is 0 Å². The largest absolute Gasteiger partial charge is 0.378 e. The van der Waals surface area contributed by atoms with Crippen molar-refractivity contribution in [2.75, 3.05) is 38.0 Å². The molecule has 0 spiro atoms. The second-order valence-electron chi connectivity index (χ2n) is 14.5. The number of nitrogens with zero attached hydrogens (tertiary/aromatic N) is 6. The van der Waals surface area contributed by atoms with E-state index in [0.717, 1.165) is 55.9 Å². The molecule has 6 heteroatoms. The molecule has 7 aromatic rings. The van der Waals surface area contributed by atoms with Crippen molar-refractivity contribution < 1.29 is 0 Å². The van der Waals surface area contributed by atoms with Crippen LogP contribution in [-0.4, -0.2) is 38.2 Å². The molecule has 6 aromatic carbocycles. The average molecular weight is 817 g/mol. The van der Waals surface area contributed by atoms with Crippen LogP contribution in [0, 0.1) is 93.7 Å². The van der Waals surface area contributed by atoms with E-state index in [1.54, 1.807) is 0 Å². The van der Waals surface area contributed by atoms with E-state index in [-0.39, 0.29) is 22.8 Å². The highest BCUT2D eigenvalue weighted by Crippen LogP contribution is 2.14. The maximum atomic E-state index is 9.63. The summed E-state index contributed by atoms with van der Waals surface area (Å²) in [5, 5.41) is 19.3. The van der Waals surface area contributed by atoms with Crippen LogP contribution in [0.2, 0.25) is 0 Å². The molecule has 0 amide bonds. The fraction of sp³-hybridized carbons (Fsp3) is 0.0690. The van der Waals surface area contributed by atoms with Crippen molar-refractivity contribution >= 4 is 11.4 Å². The lowest BCUT2D eigenvalue weighted by atomic mass is 10.1. The Morgan fingerprint density at radius 2 is 0.438 bits per heavy atom. The first-order valence-corrected chi connectivity index (χ1v) is 20.0. The number of benzene rings is 6. The van der Waals surface area contributed by atoms with Gasteiger partial charge < -0.3 is 9.80 Å². The monoisotopic (exact) mass is 816 g/mol. The number of hydrogen-bond acceptors (Lipinski definition) is 6. The van der Waals surface area contributed by atoms with E-state index in [0.29, 0.717) is 11.1 Å². The summed E-state index contributed by atoms with van der Waals surface area (Å²) >= 11 is 0. The van der Waals surface area contributed by atoms with Crippen LogP contribution in [0.1, 0.15) is 78.4 Å². The summed E-state index contributed by atoms with van der Waals surface area (Å²) in [6.07, 6.45) is 0. The van der Waals surface area contributed by atoms with Crippen LogP contribution in [0.5, 0.6) is 0 Å². The quantitative estimate of drug-likeness (QED) is 0.163. The predicted molar refractivity (Wildman–Crippen MR) is 255 cm³/mol. The van der Waals surface area contributed by atoms with Gasteiger partial charge in [-0.25, -0.2) is 9.97 Å². The first-order valence-electron chi connectivity index (χ1n) is 20.0. The van der Waals surface area contributed by atoms with E-state index in [4.69, 9.17) is 0 Å². The lowest BCUT2D eigenvalue weighted by molar-refractivity contribution is 1.09. The highest BCUT2D eigenvalue weighted by Gasteiger charge is 2.11. The highest BCUT2D eigenvalue weighted by atomic mass is 15.1. The molecule has 6 nitrogen and oxygen atoms in total. The number of rotatable bonds is 2. The Morgan fingerprint density at radius 3 is 0.609 bits per heavy atom. The van der Waals surface area contributed by atoms with E-state index >= 15 is 0 Å². The molecule has 7 rings (SSSR count). The van der Waals surface area contributed by atoms with Gasteiger partial charge in [-0.15, -0.1) is 0 Å². The minimum absolute atomic E-state index is 0.116. The van der Waals surface area contributed by atoms with E-state index < -0.39 is 0 Å². The molecule has 64 heavy (non-hydrogen) atoms. The smallest absolute Gasteiger partial charge is 0.178 e. The third kappa shape index (κ3) is 11.8. The summed E-state index contributed by atoms with van der Waals surface area (Å²) in [7, 11) is 8.05. The Morgan fingerprint density at radius 1 is 0.266 bits per heavy atom.